The van der Waals surface area contributed by atoms with Gasteiger partial charge in [-0.15, -0.1) is 0 Å². The topological polar surface area (TPSA) is 38.3 Å². The zero-order chi connectivity index (χ0) is 18.0. The molecule has 1 N–H and O–H groups in total. The van der Waals surface area contributed by atoms with Crippen molar-refractivity contribution in [3.63, 3.8) is 0 Å². The molecule has 0 spiro atoms. The average molecular weight is 398 g/mol. The maximum Gasteiger partial charge on any atom is 0.231 e. The molecule has 0 saturated carbocycles. The number of ether oxygens (including phenoxy) is 1. The van der Waals surface area contributed by atoms with E-state index in [0.717, 1.165) is 37.8 Å². The summed E-state index contributed by atoms with van der Waals surface area (Å²) in [5.41, 5.74) is 2.91. The molecule has 1 amide bonds. The van der Waals surface area contributed by atoms with Gasteiger partial charge in [0, 0.05) is 4.47 Å². The molecule has 0 aliphatic rings. The van der Waals surface area contributed by atoms with Crippen LogP contribution in [-0.4, -0.2) is 13.0 Å². The molecule has 3 nitrogen and oxygen atoms in total. The summed E-state index contributed by atoms with van der Waals surface area (Å²) in [6, 6.07) is 17.9. The van der Waals surface area contributed by atoms with E-state index in [1.54, 1.807) is 7.11 Å². The molecular formula is C21H20BrNO2. The SMILES string of the molecule is COc1ccc2cc([C@H](C)C(=O)Nc3ccc(C)cc3Br)ccc2c1. The number of hydrogen-bond donors (Lipinski definition) is 1. The first-order chi connectivity index (χ1) is 12.0. The molecule has 0 heterocycles. The fourth-order valence-electron chi connectivity index (χ4n) is 2.75. The van der Waals surface area contributed by atoms with E-state index in [0.29, 0.717) is 0 Å². The largest absolute Gasteiger partial charge is 0.497 e. The number of benzene rings is 3. The van der Waals surface area contributed by atoms with E-state index in [9.17, 15) is 4.79 Å². The highest BCUT2D eigenvalue weighted by atomic mass is 79.9. The summed E-state index contributed by atoms with van der Waals surface area (Å²) in [6.07, 6.45) is 0. The lowest BCUT2D eigenvalue weighted by Crippen LogP contribution is -2.19. The molecule has 4 heteroatoms. The number of fused-ring (bicyclic) bond motifs is 1. The van der Waals surface area contributed by atoms with Crippen molar-refractivity contribution in [1.29, 1.82) is 0 Å². The summed E-state index contributed by atoms with van der Waals surface area (Å²) in [7, 11) is 1.66. The lowest BCUT2D eigenvalue weighted by molar-refractivity contribution is -0.117. The van der Waals surface area contributed by atoms with Gasteiger partial charge in [0.1, 0.15) is 5.75 Å². The third-order valence-corrected chi connectivity index (χ3v) is 5.00. The van der Waals surface area contributed by atoms with Gasteiger partial charge in [0.25, 0.3) is 0 Å². The van der Waals surface area contributed by atoms with Gasteiger partial charge in [-0.2, -0.15) is 0 Å². The number of rotatable bonds is 4. The molecule has 0 unspecified atom stereocenters. The number of nitrogens with one attached hydrogen (secondary N) is 1. The lowest BCUT2D eigenvalue weighted by atomic mass is 9.97. The summed E-state index contributed by atoms with van der Waals surface area (Å²) in [5, 5.41) is 5.18. The van der Waals surface area contributed by atoms with Crippen molar-refractivity contribution in [2.45, 2.75) is 19.8 Å². The Hall–Kier alpha value is -2.33. The Morgan fingerprint density at radius 2 is 1.76 bits per heavy atom. The van der Waals surface area contributed by atoms with Crippen LogP contribution in [0.5, 0.6) is 5.75 Å². The second kappa shape index (κ2) is 7.28. The number of methoxy groups -OCH3 is 1. The van der Waals surface area contributed by atoms with E-state index in [-0.39, 0.29) is 11.8 Å². The average Bonchev–Trinajstić information content (AvgIpc) is 2.62. The minimum atomic E-state index is -0.250. The molecule has 0 radical (unpaired) electrons. The Morgan fingerprint density at radius 3 is 2.48 bits per heavy atom. The molecule has 0 bridgehead atoms. The minimum Gasteiger partial charge on any atom is -0.497 e. The van der Waals surface area contributed by atoms with Crippen molar-refractivity contribution in [3.8, 4) is 5.75 Å². The number of carbonyl (C=O) groups is 1. The van der Waals surface area contributed by atoms with Crippen LogP contribution in [0.2, 0.25) is 0 Å². The van der Waals surface area contributed by atoms with Crippen LogP contribution < -0.4 is 10.1 Å². The maximum atomic E-state index is 12.6. The van der Waals surface area contributed by atoms with Crippen LogP contribution in [-0.2, 0) is 4.79 Å². The molecule has 0 aliphatic carbocycles. The van der Waals surface area contributed by atoms with Crippen molar-refractivity contribution in [2.75, 3.05) is 12.4 Å². The van der Waals surface area contributed by atoms with Gasteiger partial charge in [-0.3, -0.25) is 4.79 Å². The van der Waals surface area contributed by atoms with Crippen molar-refractivity contribution < 1.29 is 9.53 Å². The number of hydrogen-bond acceptors (Lipinski definition) is 2. The molecule has 0 fully saturated rings. The van der Waals surface area contributed by atoms with Gasteiger partial charge < -0.3 is 10.1 Å². The van der Waals surface area contributed by atoms with Gasteiger partial charge in [0.2, 0.25) is 5.91 Å². The van der Waals surface area contributed by atoms with Gasteiger partial charge in [-0.1, -0.05) is 30.3 Å². The van der Waals surface area contributed by atoms with Crippen LogP contribution in [0.3, 0.4) is 0 Å². The molecule has 3 aromatic carbocycles. The summed E-state index contributed by atoms with van der Waals surface area (Å²) < 4.78 is 6.14. The quantitative estimate of drug-likeness (QED) is 0.616. The first-order valence-corrected chi connectivity index (χ1v) is 8.92. The van der Waals surface area contributed by atoms with E-state index >= 15 is 0 Å². The summed E-state index contributed by atoms with van der Waals surface area (Å²) in [4.78, 5) is 12.6. The van der Waals surface area contributed by atoms with Crippen LogP contribution in [0.4, 0.5) is 5.69 Å². The smallest absolute Gasteiger partial charge is 0.231 e. The molecule has 3 aromatic rings. The number of carbonyl (C=O) groups excluding carboxylic acids is 1. The molecule has 25 heavy (non-hydrogen) atoms. The van der Waals surface area contributed by atoms with Crippen LogP contribution >= 0.6 is 15.9 Å². The van der Waals surface area contributed by atoms with Gasteiger partial charge in [0.05, 0.1) is 18.7 Å². The predicted octanol–water partition coefficient (Wildman–Crippen LogP) is 5.66. The molecular weight excluding hydrogens is 378 g/mol. The number of anilines is 1. The number of aryl methyl sites for hydroxylation is 1. The van der Waals surface area contributed by atoms with Gasteiger partial charge in [0.15, 0.2) is 0 Å². The van der Waals surface area contributed by atoms with Crippen LogP contribution in [0, 0.1) is 6.92 Å². The highest BCUT2D eigenvalue weighted by Crippen LogP contribution is 2.28. The third-order valence-electron chi connectivity index (χ3n) is 4.35. The predicted molar refractivity (Wildman–Crippen MR) is 106 cm³/mol. The van der Waals surface area contributed by atoms with E-state index in [1.165, 1.54) is 0 Å². The lowest BCUT2D eigenvalue weighted by Gasteiger charge is -2.15. The monoisotopic (exact) mass is 397 g/mol. The number of halogens is 1. The molecule has 3 rings (SSSR count). The highest BCUT2D eigenvalue weighted by Gasteiger charge is 2.17. The second-order valence-electron chi connectivity index (χ2n) is 6.17. The Labute approximate surface area is 156 Å². The minimum absolute atomic E-state index is 0.0302. The first kappa shape index (κ1) is 17.5. The van der Waals surface area contributed by atoms with Crippen molar-refractivity contribution in [2.24, 2.45) is 0 Å². The third kappa shape index (κ3) is 3.85. The van der Waals surface area contributed by atoms with Crippen LogP contribution in [0.15, 0.2) is 59.1 Å². The fourth-order valence-corrected chi connectivity index (χ4v) is 3.34. The van der Waals surface area contributed by atoms with Crippen molar-refractivity contribution in [3.05, 3.63) is 70.2 Å². The van der Waals surface area contributed by atoms with E-state index < -0.39 is 0 Å². The summed E-state index contributed by atoms with van der Waals surface area (Å²) >= 11 is 3.50. The Bertz CT molecular complexity index is 936. The zero-order valence-corrected chi connectivity index (χ0v) is 16.1. The van der Waals surface area contributed by atoms with Crippen LogP contribution in [0.25, 0.3) is 10.8 Å². The summed E-state index contributed by atoms with van der Waals surface area (Å²) in [6.45, 7) is 3.94. The second-order valence-corrected chi connectivity index (χ2v) is 7.02. The standard InChI is InChI=1S/C21H20BrNO2/c1-13-4-9-20(19(22)10-13)23-21(24)14(2)15-5-6-17-12-18(25-3)8-7-16(17)11-15/h4-12,14H,1-3H3,(H,23,24)/t14-/m0/s1. The van der Waals surface area contributed by atoms with Crippen molar-refractivity contribution >= 4 is 38.3 Å². The highest BCUT2D eigenvalue weighted by molar-refractivity contribution is 9.10. The molecule has 0 aliphatic heterocycles. The fraction of sp³-hybridized carbons (Fsp3) is 0.190. The molecule has 0 aromatic heterocycles. The summed E-state index contributed by atoms with van der Waals surface area (Å²) in [5.74, 6) is 0.549. The van der Waals surface area contributed by atoms with Crippen LogP contribution in [0.1, 0.15) is 24.0 Å². The van der Waals surface area contributed by atoms with Gasteiger partial charge >= 0.3 is 0 Å². The zero-order valence-electron chi connectivity index (χ0n) is 14.5. The number of amides is 1. The Kier molecular flexibility index (Phi) is 5.09. The molecule has 0 saturated heterocycles. The van der Waals surface area contributed by atoms with Gasteiger partial charge in [-0.05, 0) is 75.9 Å². The molecule has 128 valence electrons. The first-order valence-electron chi connectivity index (χ1n) is 8.12. The van der Waals surface area contributed by atoms with Crippen molar-refractivity contribution in [1.82, 2.24) is 0 Å². The van der Waals surface area contributed by atoms with E-state index in [4.69, 9.17) is 4.74 Å². The molecule has 1 atom stereocenters. The normalized spacial score (nSPS) is 12.0. The Balaban J connectivity index is 1.82. The Morgan fingerprint density at radius 1 is 1.04 bits per heavy atom. The van der Waals surface area contributed by atoms with Gasteiger partial charge in [-0.25, -0.2) is 0 Å². The van der Waals surface area contributed by atoms with E-state index in [2.05, 4.69) is 27.3 Å². The maximum absolute atomic E-state index is 12.6. The van der Waals surface area contributed by atoms with E-state index in [1.807, 2.05) is 62.4 Å².